The fourth-order valence-electron chi connectivity index (χ4n) is 2.98. The third kappa shape index (κ3) is 6.09. The maximum absolute atomic E-state index is 13.1. The van der Waals surface area contributed by atoms with Crippen molar-refractivity contribution in [1.29, 1.82) is 0 Å². The topological polar surface area (TPSA) is 61.4 Å². The van der Waals surface area contributed by atoms with Gasteiger partial charge in [0.1, 0.15) is 12.4 Å². The molecule has 6 heteroatoms. The lowest BCUT2D eigenvalue weighted by Gasteiger charge is -2.19. The summed E-state index contributed by atoms with van der Waals surface area (Å²) in [5.74, 6) is -0.554. The number of hydrogen-bond acceptors (Lipinski definition) is 2. The van der Waals surface area contributed by atoms with Gasteiger partial charge in [-0.3, -0.25) is 4.79 Å². The van der Waals surface area contributed by atoms with Crippen LogP contribution in [-0.4, -0.2) is 37.0 Å². The van der Waals surface area contributed by atoms with Gasteiger partial charge in [0.2, 0.25) is 5.91 Å². The quantitative estimate of drug-likeness (QED) is 0.815. The summed E-state index contributed by atoms with van der Waals surface area (Å²) in [6, 6.07) is 9.92. The Morgan fingerprint density at radius 1 is 1.07 bits per heavy atom. The molecule has 2 N–H and O–H groups in total. The molecule has 0 bridgehead atoms. The summed E-state index contributed by atoms with van der Waals surface area (Å²) in [6.07, 6.45) is 0.519. The number of amides is 3. The number of carbonyl (C=O) groups excluding carboxylic acids is 2. The van der Waals surface area contributed by atoms with E-state index >= 15 is 0 Å². The molecule has 144 valence electrons. The predicted octanol–water partition coefficient (Wildman–Crippen LogP) is 3.57. The molecule has 2 rings (SSSR count). The van der Waals surface area contributed by atoms with Gasteiger partial charge in [-0.15, -0.1) is 0 Å². The zero-order chi connectivity index (χ0) is 20.0. The molecule has 0 saturated heterocycles. The first-order valence-electron chi connectivity index (χ1n) is 8.87. The van der Waals surface area contributed by atoms with E-state index in [4.69, 9.17) is 0 Å². The van der Waals surface area contributed by atoms with Crippen LogP contribution >= 0.6 is 0 Å². The molecule has 0 fully saturated rings. The largest absolute Gasteiger partial charge is 0.338 e. The maximum Gasteiger partial charge on any atom is 0.317 e. The molecule has 0 aromatic heterocycles. The highest BCUT2D eigenvalue weighted by atomic mass is 19.1. The van der Waals surface area contributed by atoms with Crippen molar-refractivity contribution in [3.05, 3.63) is 64.5 Å². The number of carbonyl (C=O) groups is 2. The number of nitrogens with zero attached hydrogens (tertiary/aromatic N) is 1. The highest BCUT2D eigenvalue weighted by Crippen LogP contribution is 2.21. The van der Waals surface area contributed by atoms with E-state index in [1.54, 1.807) is 19.2 Å². The minimum Gasteiger partial charge on any atom is -0.338 e. The van der Waals surface area contributed by atoms with Crippen LogP contribution in [0.25, 0.3) is 0 Å². The Hall–Kier alpha value is -2.89. The van der Waals surface area contributed by atoms with E-state index in [1.807, 2.05) is 32.9 Å². The minimum absolute atomic E-state index is 0.0570. The molecule has 0 unspecified atom stereocenters. The second-order valence-electron chi connectivity index (χ2n) is 6.79. The minimum atomic E-state index is -0.348. The van der Waals surface area contributed by atoms with Crippen LogP contribution in [0, 0.1) is 26.6 Å². The summed E-state index contributed by atoms with van der Waals surface area (Å²) < 4.78 is 13.1. The summed E-state index contributed by atoms with van der Waals surface area (Å²) in [6.45, 7) is 6.20. The Labute approximate surface area is 159 Å². The molecule has 27 heavy (non-hydrogen) atoms. The average Bonchev–Trinajstić information content (AvgIpc) is 2.58. The fraction of sp³-hybridized carbons (Fsp3) is 0.333. The van der Waals surface area contributed by atoms with Gasteiger partial charge in [0.05, 0.1) is 0 Å². The highest BCUT2D eigenvalue weighted by Gasteiger charge is 2.14. The monoisotopic (exact) mass is 371 g/mol. The number of hydrogen-bond donors (Lipinski definition) is 2. The first-order chi connectivity index (χ1) is 12.8. The standard InChI is InChI=1S/C21H26FN3O2/c1-14-10-15(2)20(16(3)11-14)24-19(26)13-25(4)21(27)23-9-8-17-6-5-7-18(22)12-17/h5-7,10-12H,8-9,13H2,1-4H3,(H,23,27)(H,24,26). The van der Waals surface area contributed by atoms with Gasteiger partial charge < -0.3 is 15.5 Å². The Morgan fingerprint density at radius 2 is 1.74 bits per heavy atom. The number of likely N-dealkylation sites (N-methyl/N-ethyl adjacent to an activating group) is 1. The average molecular weight is 371 g/mol. The van der Waals surface area contributed by atoms with Gasteiger partial charge in [0.25, 0.3) is 0 Å². The van der Waals surface area contributed by atoms with Crippen LogP contribution < -0.4 is 10.6 Å². The fourth-order valence-corrected chi connectivity index (χ4v) is 2.98. The van der Waals surface area contributed by atoms with Gasteiger partial charge in [-0.05, 0) is 56.0 Å². The molecule has 2 aromatic carbocycles. The lowest BCUT2D eigenvalue weighted by molar-refractivity contribution is -0.116. The van der Waals surface area contributed by atoms with Gasteiger partial charge >= 0.3 is 6.03 Å². The van der Waals surface area contributed by atoms with Crippen LogP contribution in [0.4, 0.5) is 14.9 Å². The third-order valence-electron chi connectivity index (χ3n) is 4.25. The second kappa shape index (κ2) is 9.16. The Morgan fingerprint density at radius 3 is 2.37 bits per heavy atom. The predicted molar refractivity (Wildman–Crippen MR) is 105 cm³/mol. The molecule has 3 amide bonds. The van der Waals surface area contributed by atoms with E-state index in [0.29, 0.717) is 13.0 Å². The van der Waals surface area contributed by atoms with Gasteiger partial charge in [0, 0.05) is 19.3 Å². The van der Waals surface area contributed by atoms with Crippen LogP contribution in [0.2, 0.25) is 0 Å². The lowest BCUT2D eigenvalue weighted by Crippen LogP contribution is -2.42. The Bertz CT molecular complexity index is 813. The normalized spacial score (nSPS) is 10.4. The summed E-state index contributed by atoms with van der Waals surface area (Å²) in [5, 5.41) is 5.61. The van der Waals surface area contributed by atoms with Crippen LogP contribution in [-0.2, 0) is 11.2 Å². The molecule has 0 aliphatic rings. The lowest BCUT2D eigenvalue weighted by atomic mass is 10.1. The molecule has 0 saturated carbocycles. The van der Waals surface area contributed by atoms with Gasteiger partial charge in [-0.25, -0.2) is 9.18 Å². The van der Waals surface area contributed by atoms with Crippen molar-refractivity contribution in [3.63, 3.8) is 0 Å². The maximum atomic E-state index is 13.1. The number of nitrogens with one attached hydrogen (secondary N) is 2. The van der Waals surface area contributed by atoms with Crippen LogP contribution in [0.1, 0.15) is 22.3 Å². The molecule has 0 aliphatic carbocycles. The summed E-state index contributed by atoms with van der Waals surface area (Å²) in [7, 11) is 1.56. The highest BCUT2D eigenvalue weighted by molar-refractivity contribution is 5.95. The summed E-state index contributed by atoms with van der Waals surface area (Å²) in [5.41, 5.74) is 4.70. The van der Waals surface area contributed by atoms with E-state index in [-0.39, 0.29) is 24.3 Å². The smallest absolute Gasteiger partial charge is 0.317 e. The molecule has 0 atom stereocenters. The second-order valence-corrected chi connectivity index (χ2v) is 6.79. The van der Waals surface area contributed by atoms with Crippen molar-refractivity contribution in [1.82, 2.24) is 10.2 Å². The van der Waals surface area contributed by atoms with Crippen molar-refractivity contribution in [3.8, 4) is 0 Å². The zero-order valence-corrected chi connectivity index (χ0v) is 16.2. The SMILES string of the molecule is Cc1cc(C)c(NC(=O)CN(C)C(=O)NCCc2cccc(F)c2)c(C)c1. The number of benzene rings is 2. The first-order valence-corrected chi connectivity index (χ1v) is 8.87. The van der Waals surface area contributed by atoms with Crippen LogP contribution in [0.15, 0.2) is 36.4 Å². The Kier molecular flexibility index (Phi) is 6.93. The Balaban J connectivity index is 1.82. The molecular formula is C21H26FN3O2. The van der Waals surface area contributed by atoms with Crippen molar-refractivity contribution in [2.24, 2.45) is 0 Å². The number of halogens is 1. The molecule has 5 nitrogen and oxygen atoms in total. The van der Waals surface area contributed by atoms with Crippen molar-refractivity contribution >= 4 is 17.6 Å². The van der Waals surface area contributed by atoms with Gasteiger partial charge in [-0.2, -0.15) is 0 Å². The first kappa shape index (κ1) is 20.4. The number of anilines is 1. The molecule has 0 heterocycles. The van der Waals surface area contributed by atoms with E-state index in [2.05, 4.69) is 10.6 Å². The van der Waals surface area contributed by atoms with Crippen LogP contribution in [0.5, 0.6) is 0 Å². The van der Waals surface area contributed by atoms with Gasteiger partial charge in [-0.1, -0.05) is 29.8 Å². The molecule has 0 aliphatic heterocycles. The number of aryl methyl sites for hydroxylation is 3. The summed E-state index contributed by atoms with van der Waals surface area (Å²) >= 11 is 0. The summed E-state index contributed by atoms with van der Waals surface area (Å²) in [4.78, 5) is 25.7. The van der Waals surface area contributed by atoms with Crippen LogP contribution in [0.3, 0.4) is 0 Å². The molecular weight excluding hydrogens is 345 g/mol. The zero-order valence-electron chi connectivity index (χ0n) is 16.2. The third-order valence-corrected chi connectivity index (χ3v) is 4.25. The number of rotatable bonds is 6. The van der Waals surface area contributed by atoms with E-state index in [1.165, 1.54) is 17.0 Å². The van der Waals surface area contributed by atoms with Crippen molar-refractivity contribution < 1.29 is 14.0 Å². The van der Waals surface area contributed by atoms with E-state index < -0.39 is 0 Å². The van der Waals surface area contributed by atoms with E-state index in [9.17, 15) is 14.0 Å². The molecule has 2 aromatic rings. The number of urea groups is 1. The van der Waals surface area contributed by atoms with E-state index in [0.717, 1.165) is 27.9 Å². The van der Waals surface area contributed by atoms with Gasteiger partial charge in [0.15, 0.2) is 0 Å². The molecule has 0 spiro atoms. The molecule has 0 radical (unpaired) electrons. The van der Waals surface area contributed by atoms with Crippen molar-refractivity contribution in [2.75, 3.05) is 25.5 Å². The van der Waals surface area contributed by atoms with Crippen molar-refractivity contribution in [2.45, 2.75) is 27.2 Å².